The number of benzene rings is 2. The van der Waals surface area contributed by atoms with E-state index in [1.807, 2.05) is 0 Å². The summed E-state index contributed by atoms with van der Waals surface area (Å²) in [4.78, 5) is 35.5. The van der Waals surface area contributed by atoms with Gasteiger partial charge in [-0.3, -0.25) is 14.4 Å². The fourth-order valence-electron chi connectivity index (χ4n) is 2.32. The van der Waals surface area contributed by atoms with E-state index in [0.717, 1.165) is 0 Å². The first-order chi connectivity index (χ1) is 12.9. The van der Waals surface area contributed by atoms with Gasteiger partial charge in [-0.05, 0) is 31.2 Å². The van der Waals surface area contributed by atoms with Crippen molar-refractivity contribution in [2.24, 2.45) is 0 Å². The van der Waals surface area contributed by atoms with Crippen LogP contribution in [0.1, 0.15) is 17.3 Å². The Morgan fingerprint density at radius 2 is 1.22 bits per heavy atom. The molecular formula is C19H20N2O6. The number of methoxy groups -OCH3 is 3. The lowest BCUT2D eigenvalue weighted by Crippen LogP contribution is -2.29. The topological polar surface area (TPSA) is 103 Å². The average Bonchev–Trinajstić information content (AvgIpc) is 2.67. The fraction of sp³-hybridized carbons (Fsp3) is 0.211. The van der Waals surface area contributed by atoms with Gasteiger partial charge in [-0.1, -0.05) is 0 Å². The first-order valence-electron chi connectivity index (χ1n) is 7.93. The van der Waals surface area contributed by atoms with Gasteiger partial charge in [0.25, 0.3) is 0 Å². The molecule has 0 unspecified atom stereocenters. The molecule has 2 aromatic rings. The van der Waals surface area contributed by atoms with Gasteiger partial charge in [0, 0.05) is 29.1 Å². The van der Waals surface area contributed by atoms with Gasteiger partial charge in [0.15, 0.2) is 17.3 Å². The van der Waals surface area contributed by atoms with Crippen LogP contribution in [-0.4, -0.2) is 38.9 Å². The molecule has 0 spiro atoms. The van der Waals surface area contributed by atoms with Crippen LogP contribution in [0.2, 0.25) is 0 Å². The molecule has 0 saturated carbocycles. The summed E-state index contributed by atoms with van der Waals surface area (Å²) in [6, 6.07) is 9.23. The molecule has 0 aliphatic rings. The van der Waals surface area contributed by atoms with E-state index in [1.54, 1.807) is 24.3 Å². The van der Waals surface area contributed by atoms with Crippen LogP contribution in [0.25, 0.3) is 0 Å². The molecule has 0 aliphatic carbocycles. The van der Waals surface area contributed by atoms with Gasteiger partial charge in [0.1, 0.15) is 0 Å². The summed E-state index contributed by atoms with van der Waals surface area (Å²) in [6.07, 6.45) is 0. The van der Waals surface area contributed by atoms with Crippen molar-refractivity contribution in [1.29, 1.82) is 0 Å². The molecule has 27 heavy (non-hydrogen) atoms. The summed E-state index contributed by atoms with van der Waals surface area (Å²) in [5.41, 5.74) is 1.21. The maximum atomic E-state index is 12.2. The summed E-state index contributed by atoms with van der Waals surface area (Å²) in [6.45, 7) is 1.44. The Kier molecular flexibility index (Phi) is 6.37. The Labute approximate surface area is 156 Å². The van der Waals surface area contributed by atoms with Crippen molar-refractivity contribution in [3.05, 3.63) is 42.0 Å². The normalized spacial score (nSPS) is 9.93. The van der Waals surface area contributed by atoms with Gasteiger partial charge in [-0.2, -0.15) is 0 Å². The Balaban J connectivity index is 2.11. The number of carbonyl (C=O) groups excluding carboxylic acids is 3. The van der Waals surface area contributed by atoms with Crippen LogP contribution < -0.4 is 24.8 Å². The fourth-order valence-corrected chi connectivity index (χ4v) is 2.32. The Bertz CT molecular complexity index is 836. The number of ether oxygens (including phenoxy) is 3. The van der Waals surface area contributed by atoms with E-state index in [1.165, 1.54) is 40.4 Å². The van der Waals surface area contributed by atoms with E-state index in [4.69, 9.17) is 14.2 Å². The van der Waals surface area contributed by atoms with Crippen LogP contribution in [0.4, 0.5) is 11.4 Å². The molecule has 0 saturated heterocycles. The van der Waals surface area contributed by atoms with Crippen LogP contribution in [0, 0.1) is 0 Å². The van der Waals surface area contributed by atoms with Crippen LogP contribution >= 0.6 is 0 Å². The van der Waals surface area contributed by atoms with E-state index in [0.29, 0.717) is 34.2 Å². The molecule has 2 rings (SSSR count). The molecule has 0 bridgehead atoms. The highest BCUT2D eigenvalue weighted by atomic mass is 16.5. The molecule has 0 atom stereocenters. The predicted octanol–water partition coefficient (Wildman–Crippen LogP) is 2.49. The highest BCUT2D eigenvalue weighted by Gasteiger charge is 2.18. The minimum Gasteiger partial charge on any atom is -0.493 e. The molecule has 2 amide bonds. The van der Waals surface area contributed by atoms with Crippen molar-refractivity contribution in [1.82, 2.24) is 0 Å². The quantitative estimate of drug-likeness (QED) is 0.597. The van der Waals surface area contributed by atoms with Crippen molar-refractivity contribution < 1.29 is 28.6 Å². The molecule has 0 aromatic heterocycles. The summed E-state index contributed by atoms with van der Waals surface area (Å²) in [5.74, 6) is -0.778. The number of hydrogen-bond donors (Lipinski definition) is 2. The van der Waals surface area contributed by atoms with Crippen molar-refractivity contribution in [2.75, 3.05) is 32.0 Å². The number of nitrogens with one attached hydrogen (secondary N) is 2. The van der Waals surface area contributed by atoms with Gasteiger partial charge in [-0.25, -0.2) is 0 Å². The van der Waals surface area contributed by atoms with Crippen LogP contribution in [-0.2, 0) is 9.59 Å². The molecule has 0 radical (unpaired) electrons. The van der Waals surface area contributed by atoms with Crippen LogP contribution in [0.15, 0.2) is 36.4 Å². The minimum atomic E-state index is -0.875. The molecule has 0 fully saturated rings. The minimum absolute atomic E-state index is 0.0898. The summed E-state index contributed by atoms with van der Waals surface area (Å²) < 4.78 is 15.6. The number of hydrogen-bond acceptors (Lipinski definition) is 6. The number of ketones is 1. The number of rotatable bonds is 6. The number of anilines is 2. The smallest absolute Gasteiger partial charge is 0.314 e. The predicted molar refractivity (Wildman–Crippen MR) is 99.8 cm³/mol. The SMILES string of the molecule is COc1cc(NC(=O)C(=O)Nc2ccc(C(C)=O)cc2)cc(OC)c1OC. The summed E-state index contributed by atoms with van der Waals surface area (Å²) >= 11 is 0. The maximum absolute atomic E-state index is 12.2. The van der Waals surface area contributed by atoms with E-state index in [9.17, 15) is 14.4 Å². The molecule has 0 heterocycles. The number of carbonyl (C=O) groups is 3. The van der Waals surface area contributed by atoms with Gasteiger partial charge >= 0.3 is 11.8 Å². The zero-order valence-corrected chi connectivity index (χ0v) is 15.4. The summed E-state index contributed by atoms with van der Waals surface area (Å²) in [7, 11) is 4.35. The Hall–Kier alpha value is -3.55. The van der Waals surface area contributed by atoms with E-state index >= 15 is 0 Å². The van der Waals surface area contributed by atoms with Crippen molar-refractivity contribution in [2.45, 2.75) is 6.92 Å². The van der Waals surface area contributed by atoms with E-state index in [2.05, 4.69) is 10.6 Å². The Morgan fingerprint density at radius 3 is 1.63 bits per heavy atom. The summed E-state index contributed by atoms with van der Waals surface area (Å²) in [5, 5.41) is 4.93. The zero-order valence-electron chi connectivity index (χ0n) is 15.4. The van der Waals surface area contributed by atoms with Crippen molar-refractivity contribution in [3.8, 4) is 17.2 Å². The van der Waals surface area contributed by atoms with Gasteiger partial charge in [-0.15, -0.1) is 0 Å². The molecule has 0 aliphatic heterocycles. The second-order valence-electron chi connectivity index (χ2n) is 5.46. The standard InChI is InChI=1S/C19H20N2O6/c1-11(22)12-5-7-13(8-6-12)20-18(23)19(24)21-14-9-15(25-2)17(27-4)16(10-14)26-3/h5-10H,1-4H3,(H,20,23)(H,21,24). The molecular weight excluding hydrogens is 352 g/mol. The van der Waals surface area contributed by atoms with Gasteiger partial charge in [0.2, 0.25) is 5.75 Å². The molecule has 142 valence electrons. The van der Waals surface area contributed by atoms with E-state index in [-0.39, 0.29) is 5.78 Å². The van der Waals surface area contributed by atoms with Crippen LogP contribution in [0.3, 0.4) is 0 Å². The zero-order chi connectivity index (χ0) is 20.0. The van der Waals surface area contributed by atoms with Crippen molar-refractivity contribution >= 4 is 29.0 Å². The highest BCUT2D eigenvalue weighted by molar-refractivity contribution is 6.43. The van der Waals surface area contributed by atoms with Gasteiger partial charge in [0.05, 0.1) is 21.3 Å². The average molecular weight is 372 g/mol. The molecule has 2 aromatic carbocycles. The number of Topliss-reactive ketones (excluding diaryl/α,β-unsaturated/α-hetero) is 1. The van der Waals surface area contributed by atoms with Crippen molar-refractivity contribution in [3.63, 3.8) is 0 Å². The Morgan fingerprint density at radius 1 is 0.741 bits per heavy atom. The third kappa shape index (κ3) is 4.75. The first-order valence-corrected chi connectivity index (χ1v) is 7.93. The number of amides is 2. The van der Waals surface area contributed by atoms with E-state index < -0.39 is 11.8 Å². The largest absolute Gasteiger partial charge is 0.493 e. The second kappa shape index (κ2) is 8.70. The lowest BCUT2D eigenvalue weighted by molar-refractivity contribution is -0.133. The molecule has 8 nitrogen and oxygen atoms in total. The first kappa shape index (κ1) is 19.8. The maximum Gasteiger partial charge on any atom is 0.314 e. The highest BCUT2D eigenvalue weighted by Crippen LogP contribution is 2.39. The lowest BCUT2D eigenvalue weighted by atomic mass is 10.1. The monoisotopic (exact) mass is 372 g/mol. The molecule has 2 N–H and O–H groups in total. The second-order valence-corrected chi connectivity index (χ2v) is 5.46. The third-order valence-electron chi connectivity index (χ3n) is 3.68. The van der Waals surface area contributed by atoms with Crippen LogP contribution in [0.5, 0.6) is 17.2 Å². The third-order valence-corrected chi connectivity index (χ3v) is 3.68. The lowest BCUT2D eigenvalue weighted by Gasteiger charge is -2.14. The van der Waals surface area contributed by atoms with Gasteiger partial charge < -0.3 is 24.8 Å². The molecule has 8 heteroatoms.